The lowest BCUT2D eigenvalue weighted by Crippen LogP contribution is -2.18. The van der Waals surface area contributed by atoms with Gasteiger partial charge in [0.25, 0.3) is 11.8 Å². The molecule has 5 nitrogen and oxygen atoms in total. The first kappa shape index (κ1) is 19.7. The number of hydrogen-bond donors (Lipinski definition) is 2. The molecule has 1 aromatic heterocycles. The molecule has 3 aromatic carbocycles. The highest BCUT2D eigenvalue weighted by Crippen LogP contribution is 2.30. The zero-order chi connectivity index (χ0) is 21.4. The Morgan fingerprint density at radius 1 is 0.967 bits per heavy atom. The average Bonchev–Trinajstić information content (AvgIpc) is 3.02. The highest BCUT2D eigenvalue weighted by Gasteiger charge is 2.25. The molecule has 150 valence electrons. The van der Waals surface area contributed by atoms with Crippen LogP contribution in [0, 0.1) is 13.8 Å². The summed E-state index contributed by atoms with van der Waals surface area (Å²) in [6.45, 7) is 3.92. The minimum atomic E-state index is -0.363. The number of anilines is 2. The lowest BCUT2D eigenvalue weighted by molar-refractivity contribution is 0.0967. The van der Waals surface area contributed by atoms with Gasteiger partial charge < -0.3 is 11.1 Å². The van der Waals surface area contributed by atoms with E-state index in [0.717, 1.165) is 11.1 Å². The van der Waals surface area contributed by atoms with Gasteiger partial charge in [-0.1, -0.05) is 47.5 Å². The van der Waals surface area contributed by atoms with Crippen LogP contribution in [0.15, 0.2) is 66.7 Å². The second-order valence-corrected chi connectivity index (χ2v) is 7.63. The Morgan fingerprint density at radius 3 is 2.37 bits per heavy atom. The van der Waals surface area contributed by atoms with E-state index < -0.39 is 0 Å². The van der Waals surface area contributed by atoms with E-state index in [2.05, 4.69) is 5.32 Å². The van der Waals surface area contributed by atoms with Gasteiger partial charge in [0.1, 0.15) is 5.82 Å². The summed E-state index contributed by atoms with van der Waals surface area (Å²) >= 11 is 5.94. The number of nitrogen functional groups attached to an aromatic ring is 1. The number of nitrogens with zero attached hydrogens (tertiary/aromatic N) is 1. The molecular formula is C24H20ClN3O2. The van der Waals surface area contributed by atoms with Gasteiger partial charge in [-0.05, 0) is 55.8 Å². The molecule has 0 spiro atoms. The molecule has 4 aromatic rings. The lowest BCUT2D eigenvalue weighted by Gasteiger charge is -2.10. The number of para-hydroxylation sites is 1. The van der Waals surface area contributed by atoms with Gasteiger partial charge in [-0.2, -0.15) is 0 Å². The molecule has 0 aliphatic carbocycles. The number of nitrogens with two attached hydrogens (primary N) is 1. The van der Waals surface area contributed by atoms with Crippen LogP contribution in [-0.4, -0.2) is 16.4 Å². The number of halogens is 1. The number of nitrogens with one attached hydrogen (secondary N) is 1. The van der Waals surface area contributed by atoms with Crippen LogP contribution < -0.4 is 11.1 Å². The number of carbonyl (C=O) groups is 2. The SMILES string of the molecule is Cc1ccc(NC(=O)c2c(N)n(C(=O)c3ccc(Cl)cc3)c3ccccc23)c(C)c1. The van der Waals surface area contributed by atoms with Crippen molar-refractivity contribution in [1.29, 1.82) is 0 Å². The predicted octanol–water partition coefficient (Wildman–Crippen LogP) is 5.43. The zero-order valence-electron chi connectivity index (χ0n) is 16.6. The maximum atomic E-state index is 13.2. The van der Waals surface area contributed by atoms with E-state index in [1.165, 1.54) is 4.57 Å². The minimum Gasteiger partial charge on any atom is -0.384 e. The second kappa shape index (κ2) is 7.69. The van der Waals surface area contributed by atoms with Gasteiger partial charge >= 0.3 is 0 Å². The molecule has 0 atom stereocenters. The molecule has 4 rings (SSSR count). The third-order valence-corrected chi connectivity index (χ3v) is 5.31. The third kappa shape index (κ3) is 3.44. The van der Waals surface area contributed by atoms with Crippen molar-refractivity contribution in [1.82, 2.24) is 4.57 Å². The third-order valence-electron chi connectivity index (χ3n) is 5.06. The molecule has 0 bridgehead atoms. The number of fused-ring (bicyclic) bond motifs is 1. The topological polar surface area (TPSA) is 77.1 Å². The lowest BCUT2D eigenvalue weighted by atomic mass is 10.1. The van der Waals surface area contributed by atoms with Crippen LogP contribution in [0.4, 0.5) is 11.5 Å². The van der Waals surface area contributed by atoms with Gasteiger partial charge in [-0.25, -0.2) is 0 Å². The first-order valence-corrected chi connectivity index (χ1v) is 9.82. The summed E-state index contributed by atoms with van der Waals surface area (Å²) < 4.78 is 1.37. The standard InChI is InChI=1S/C24H20ClN3O2/c1-14-7-12-19(15(2)13-14)27-23(29)21-18-5-3-4-6-20(18)28(22(21)26)24(30)16-8-10-17(25)11-9-16/h3-13H,26H2,1-2H3,(H,27,29). The highest BCUT2D eigenvalue weighted by molar-refractivity contribution is 6.30. The molecule has 3 N–H and O–H groups in total. The Bertz CT molecular complexity index is 1290. The van der Waals surface area contributed by atoms with Gasteiger partial charge in [-0.3, -0.25) is 14.2 Å². The molecule has 0 saturated heterocycles. The summed E-state index contributed by atoms with van der Waals surface area (Å²) in [4.78, 5) is 26.4. The summed E-state index contributed by atoms with van der Waals surface area (Å²) in [7, 11) is 0. The Hall–Kier alpha value is -3.57. The minimum absolute atomic E-state index is 0.0958. The number of hydrogen-bond acceptors (Lipinski definition) is 3. The molecule has 0 unspecified atom stereocenters. The largest absolute Gasteiger partial charge is 0.384 e. The van der Waals surface area contributed by atoms with E-state index in [4.69, 9.17) is 17.3 Å². The molecule has 0 saturated carbocycles. The number of aryl methyl sites for hydroxylation is 2. The van der Waals surface area contributed by atoms with E-state index in [0.29, 0.717) is 27.2 Å². The summed E-state index contributed by atoms with van der Waals surface area (Å²) in [6.07, 6.45) is 0. The van der Waals surface area contributed by atoms with Crippen LogP contribution in [0.2, 0.25) is 5.02 Å². The van der Waals surface area contributed by atoms with Crippen molar-refractivity contribution in [3.05, 3.63) is 94.0 Å². The zero-order valence-corrected chi connectivity index (χ0v) is 17.3. The summed E-state index contributed by atoms with van der Waals surface area (Å²) in [5, 5.41) is 4.07. The quantitative estimate of drug-likeness (QED) is 0.466. The highest BCUT2D eigenvalue weighted by atomic mass is 35.5. The molecular weight excluding hydrogens is 398 g/mol. The summed E-state index contributed by atoms with van der Waals surface area (Å²) in [5.41, 5.74) is 10.4. The Kier molecular flexibility index (Phi) is 5.06. The van der Waals surface area contributed by atoms with Crippen molar-refractivity contribution in [3.63, 3.8) is 0 Å². The maximum Gasteiger partial charge on any atom is 0.263 e. The van der Waals surface area contributed by atoms with E-state index in [1.807, 2.05) is 38.1 Å². The first-order chi connectivity index (χ1) is 14.4. The maximum absolute atomic E-state index is 13.2. The monoisotopic (exact) mass is 417 g/mol. The number of rotatable bonds is 3. The molecule has 0 aliphatic rings. The van der Waals surface area contributed by atoms with Gasteiger partial charge in [0.05, 0.1) is 11.1 Å². The smallest absolute Gasteiger partial charge is 0.263 e. The van der Waals surface area contributed by atoms with Crippen LogP contribution >= 0.6 is 11.6 Å². The van der Waals surface area contributed by atoms with Crippen LogP contribution in [0.3, 0.4) is 0 Å². The van der Waals surface area contributed by atoms with Gasteiger partial charge in [0.15, 0.2) is 0 Å². The summed E-state index contributed by atoms with van der Waals surface area (Å²) in [5.74, 6) is -0.595. The fourth-order valence-electron chi connectivity index (χ4n) is 3.58. The van der Waals surface area contributed by atoms with Crippen molar-refractivity contribution in [2.24, 2.45) is 0 Å². The van der Waals surface area contributed by atoms with Crippen molar-refractivity contribution >= 4 is 45.8 Å². The Labute approximate surface area is 179 Å². The van der Waals surface area contributed by atoms with Crippen molar-refractivity contribution in [2.75, 3.05) is 11.1 Å². The van der Waals surface area contributed by atoms with Crippen LogP contribution in [0.25, 0.3) is 10.9 Å². The van der Waals surface area contributed by atoms with E-state index >= 15 is 0 Å². The van der Waals surface area contributed by atoms with Crippen molar-refractivity contribution in [3.8, 4) is 0 Å². The number of aromatic nitrogens is 1. The molecule has 0 radical (unpaired) electrons. The normalized spacial score (nSPS) is 10.9. The average molecular weight is 418 g/mol. The molecule has 1 heterocycles. The molecule has 0 fully saturated rings. The number of benzene rings is 3. The molecule has 1 amide bonds. The molecule has 0 aliphatic heterocycles. The molecule has 6 heteroatoms. The Morgan fingerprint density at radius 2 is 1.67 bits per heavy atom. The fraction of sp³-hybridized carbons (Fsp3) is 0.0833. The van der Waals surface area contributed by atoms with E-state index in [1.54, 1.807) is 42.5 Å². The van der Waals surface area contributed by atoms with Gasteiger partial charge in [-0.15, -0.1) is 0 Å². The van der Waals surface area contributed by atoms with Crippen molar-refractivity contribution < 1.29 is 9.59 Å². The Balaban J connectivity index is 1.81. The van der Waals surface area contributed by atoms with Gasteiger partial charge in [0, 0.05) is 21.7 Å². The van der Waals surface area contributed by atoms with Crippen molar-refractivity contribution in [2.45, 2.75) is 13.8 Å². The summed E-state index contributed by atoms with van der Waals surface area (Å²) in [6, 6.07) is 19.5. The van der Waals surface area contributed by atoms with Crippen LogP contribution in [-0.2, 0) is 0 Å². The van der Waals surface area contributed by atoms with Crippen LogP contribution in [0.5, 0.6) is 0 Å². The molecule has 30 heavy (non-hydrogen) atoms. The van der Waals surface area contributed by atoms with E-state index in [-0.39, 0.29) is 23.2 Å². The van der Waals surface area contributed by atoms with Gasteiger partial charge in [0.2, 0.25) is 0 Å². The van der Waals surface area contributed by atoms with Crippen LogP contribution in [0.1, 0.15) is 31.8 Å². The number of amides is 1. The predicted molar refractivity (Wildman–Crippen MR) is 121 cm³/mol. The van der Waals surface area contributed by atoms with E-state index in [9.17, 15) is 9.59 Å². The number of carbonyl (C=O) groups excluding carboxylic acids is 2. The fourth-order valence-corrected chi connectivity index (χ4v) is 3.70. The first-order valence-electron chi connectivity index (χ1n) is 9.44. The second-order valence-electron chi connectivity index (χ2n) is 7.20.